The number of rotatable bonds is 5. The Labute approximate surface area is 213 Å². The van der Waals surface area contributed by atoms with E-state index in [-0.39, 0.29) is 11.7 Å². The van der Waals surface area contributed by atoms with Gasteiger partial charge in [0, 0.05) is 22.0 Å². The Morgan fingerprint density at radius 3 is 2.60 bits per heavy atom. The van der Waals surface area contributed by atoms with Gasteiger partial charge < -0.3 is 20.1 Å². The number of hydrogen-bond donors (Lipinski definition) is 2. The standard InChI is InChI=1S/C26H23ClFN3O3S/c1-3-33-20-6-4-5-19-22-21(24(32)29-17-11-7-15(27)8-12-17)26(2,34-23(19)20)31(25(35)30-22)18-13-9-16(28)10-14-18/h4-14,21-22H,3H2,1-2H3,(H,29,32)(H,30,35)/t21-,22-,26+/m1/s1. The Hall–Kier alpha value is -3.36. The van der Waals surface area contributed by atoms with Crippen LogP contribution < -0.4 is 25.0 Å². The molecule has 0 radical (unpaired) electrons. The van der Waals surface area contributed by atoms with Gasteiger partial charge in [-0.2, -0.15) is 0 Å². The third-order valence-electron chi connectivity index (χ3n) is 6.27. The Balaban J connectivity index is 1.63. The van der Waals surface area contributed by atoms with E-state index in [4.69, 9.17) is 33.3 Å². The van der Waals surface area contributed by atoms with Crippen molar-refractivity contribution in [1.29, 1.82) is 0 Å². The van der Waals surface area contributed by atoms with E-state index in [1.54, 1.807) is 41.3 Å². The average Bonchev–Trinajstić information content (AvgIpc) is 2.82. The van der Waals surface area contributed by atoms with Gasteiger partial charge in [-0.25, -0.2) is 4.39 Å². The van der Waals surface area contributed by atoms with Gasteiger partial charge in [0.15, 0.2) is 22.3 Å². The number of hydrogen-bond acceptors (Lipinski definition) is 4. The highest BCUT2D eigenvalue weighted by atomic mass is 35.5. The summed E-state index contributed by atoms with van der Waals surface area (Å²) < 4.78 is 26.2. The minimum absolute atomic E-state index is 0.269. The molecular weight excluding hydrogens is 489 g/mol. The molecule has 0 saturated carbocycles. The molecule has 5 rings (SSSR count). The summed E-state index contributed by atoms with van der Waals surface area (Å²) in [5.74, 6) is -0.266. The van der Waals surface area contributed by atoms with E-state index in [0.29, 0.717) is 39.6 Å². The van der Waals surface area contributed by atoms with Crippen LogP contribution in [-0.2, 0) is 4.79 Å². The van der Waals surface area contributed by atoms with Crippen LogP contribution in [-0.4, -0.2) is 23.4 Å². The van der Waals surface area contributed by atoms with Gasteiger partial charge in [-0.3, -0.25) is 9.69 Å². The molecule has 2 N–H and O–H groups in total. The fourth-order valence-corrected chi connectivity index (χ4v) is 5.31. The van der Waals surface area contributed by atoms with Crippen molar-refractivity contribution in [3.63, 3.8) is 0 Å². The number of fused-ring (bicyclic) bond motifs is 4. The Bertz CT molecular complexity index is 1290. The molecule has 0 aromatic heterocycles. The number of nitrogens with zero attached hydrogens (tertiary/aromatic N) is 1. The number of carbonyl (C=O) groups is 1. The lowest BCUT2D eigenvalue weighted by Crippen LogP contribution is -2.72. The summed E-state index contributed by atoms with van der Waals surface area (Å²) in [6.07, 6.45) is 0. The first-order valence-corrected chi connectivity index (χ1v) is 12.0. The highest BCUT2D eigenvalue weighted by Crippen LogP contribution is 2.52. The summed E-state index contributed by atoms with van der Waals surface area (Å²) in [6.45, 7) is 4.16. The molecule has 3 atom stereocenters. The summed E-state index contributed by atoms with van der Waals surface area (Å²) in [6, 6.07) is 17.9. The van der Waals surface area contributed by atoms with Gasteiger partial charge in [0.1, 0.15) is 11.7 Å². The number of carbonyl (C=O) groups excluding carboxylic acids is 1. The molecule has 6 nitrogen and oxygen atoms in total. The maximum Gasteiger partial charge on any atom is 0.236 e. The van der Waals surface area contributed by atoms with E-state index in [1.807, 2.05) is 32.0 Å². The first-order chi connectivity index (χ1) is 16.8. The van der Waals surface area contributed by atoms with Crippen molar-refractivity contribution in [2.24, 2.45) is 5.92 Å². The van der Waals surface area contributed by atoms with Crippen LogP contribution in [0.5, 0.6) is 11.5 Å². The fraction of sp³-hybridized carbons (Fsp3) is 0.231. The van der Waals surface area contributed by atoms with Crippen molar-refractivity contribution in [2.75, 3.05) is 16.8 Å². The van der Waals surface area contributed by atoms with Crippen molar-refractivity contribution in [2.45, 2.75) is 25.6 Å². The molecule has 2 bridgehead atoms. The summed E-state index contributed by atoms with van der Waals surface area (Å²) in [5, 5.41) is 7.25. The molecule has 0 unspecified atom stereocenters. The third kappa shape index (κ3) is 4.06. The molecule has 0 aliphatic carbocycles. The zero-order valence-electron chi connectivity index (χ0n) is 19.0. The molecule has 1 saturated heterocycles. The lowest BCUT2D eigenvalue weighted by Gasteiger charge is -2.56. The van der Waals surface area contributed by atoms with E-state index in [1.165, 1.54) is 12.1 Å². The zero-order valence-corrected chi connectivity index (χ0v) is 20.6. The lowest BCUT2D eigenvalue weighted by atomic mass is 9.78. The van der Waals surface area contributed by atoms with E-state index < -0.39 is 17.7 Å². The second kappa shape index (κ2) is 9.02. The number of nitrogens with one attached hydrogen (secondary N) is 2. The third-order valence-corrected chi connectivity index (χ3v) is 6.82. The van der Waals surface area contributed by atoms with Crippen molar-refractivity contribution in [3.05, 3.63) is 83.1 Å². The predicted octanol–water partition coefficient (Wildman–Crippen LogP) is 5.68. The van der Waals surface area contributed by atoms with Gasteiger partial charge in [0.05, 0.1) is 12.6 Å². The van der Waals surface area contributed by atoms with Gasteiger partial charge in [0.2, 0.25) is 5.91 Å². The predicted molar refractivity (Wildman–Crippen MR) is 138 cm³/mol. The zero-order chi connectivity index (χ0) is 24.7. The van der Waals surface area contributed by atoms with Gasteiger partial charge in [-0.15, -0.1) is 0 Å². The van der Waals surface area contributed by atoms with Gasteiger partial charge in [-0.1, -0.05) is 23.7 Å². The molecule has 1 fully saturated rings. The fourth-order valence-electron chi connectivity index (χ4n) is 4.77. The van der Waals surface area contributed by atoms with Crippen molar-refractivity contribution < 1.29 is 18.7 Å². The minimum atomic E-state index is -1.25. The molecule has 3 aromatic carbocycles. The van der Waals surface area contributed by atoms with Gasteiger partial charge >= 0.3 is 0 Å². The summed E-state index contributed by atoms with van der Waals surface area (Å²) in [5.41, 5.74) is 0.713. The average molecular weight is 512 g/mol. The maximum absolute atomic E-state index is 13.8. The molecule has 2 heterocycles. The monoisotopic (exact) mass is 511 g/mol. The van der Waals surface area contributed by atoms with Crippen LogP contribution in [0, 0.1) is 11.7 Å². The van der Waals surface area contributed by atoms with Crippen LogP contribution in [0.4, 0.5) is 15.8 Å². The molecule has 2 aliphatic heterocycles. The van der Waals surface area contributed by atoms with Crippen LogP contribution in [0.15, 0.2) is 66.7 Å². The Morgan fingerprint density at radius 1 is 1.20 bits per heavy atom. The van der Waals surface area contributed by atoms with E-state index >= 15 is 0 Å². The highest BCUT2D eigenvalue weighted by Gasteiger charge is 2.59. The van der Waals surface area contributed by atoms with E-state index in [2.05, 4.69) is 10.6 Å². The molecule has 180 valence electrons. The second-order valence-corrected chi connectivity index (χ2v) is 9.30. The van der Waals surface area contributed by atoms with Crippen LogP contribution in [0.25, 0.3) is 0 Å². The Morgan fingerprint density at radius 2 is 1.91 bits per heavy atom. The molecule has 0 spiro atoms. The lowest BCUT2D eigenvalue weighted by molar-refractivity contribution is -0.130. The normalized spacial score (nSPS) is 22.5. The Kier molecular flexibility index (Phi) is 6.02. The first kappa shape index (κ1) is 23.4. The highest BCUT2D eigenvalue weighted by molar-refractivity contribution is 7.80. The first-order valence-electron chi connectivity index (χ1n) is 11.2. The van der Waals surface area contributed by atoms with E-state index in [9.17, 15) is 9.18 Å². The number of anilines is 2. The van der Waals surface area contributed by atoms with Crippen LogP contribution in [0.3, 0.4) is 0 Å². The van der Waals surface area contributed by atoms with Crippen molar-refractivity contribution >= 4 is 46.2 Å². The molecular formula is C26H23ClFN3O3S. The van der Waals surface area contributed by atoms with Crippen LogP contribution >= 0.6 is 23.8 Å². The maximum atomic E-state index is 13.8. The molecule has 2 aliphatic rings. The topological polar surface area (TPSA) is 62.8 Å². The molecule has 9 heteroatoms. The van der Waals surface area contributed by atoms with Crippen LogP contribution in [0.1, 0.15) is 25.5 Å². The number of benzene rings is 3. The number of para-hydroxylation sites is 1. The van der Waals surface area contributed by atoms with Crippen molar-refractivity contribution in [1.82, 2.24) is 5.32 Å². The SMILES string of the molecule is CCOc1cccc2c1O[C@@]1(C)[C@@H](C(=O)Nc3ccc(Cl)cc3)[C@@H]2NC(=S)N1c1ccc(F)cc1. The van der Waals surface area contributed by atoms with Gasteiger partial charge in [0.25, 0.3) is 0 Å². The molecule has 35 heavy (non-hydrogen) atoms. The summed E-state index contributed by atoms with van der Waals surface area (Å²) >= 11 is 11.7. The van der Waals surface area contributed by atoms with Crippen molar-refractivity contribution in [3.8, 4) is 11.5 Å². The minimum Gasteiger partial charge on any atom is -0.490 e. The molecule has 3 aromatic rings. The number of ether oxygens (including phenoxy) is 2. The second-order valence-electron chi connectivity index (χ2n) is 8.48. The number of halogens is 2. The summed E-state index contributed by atoms with van der Waals surface area (Å²) in [7, 11) is 0. The van der Waals surface area contributed by atoms with Crippen LogP contribution in [0.2, 0.25) is 5.02 Å². The summed E-state index contributed by atoms with van der Waals surface area (Å²) in [4.78, 5) is 15.5. The van der Waals surface area contributed by atoms with E-state index in [0.717, 1.165) is 5.56 Å². The largest absolute Gasteiger partial charge is 0.490 e. The number of thiocarbonyl (C=S) groups is 1. The number of amides is 1. The quantitative estimate of drug-likeness (QED) is 0.430. The van der Waals surface area contributed by atoms with Gasteiger partial charge in [-0.05, 0) is 80.7 Å². The molecule has 1 amide bonds. The smallest absolute Gasteiger partial charge is 0.236 e.